The van der Waals surface area contributed by atoms with Gasteiger partial charge in [-0.05, 0) is 43.9 Å². The van der Waals surface area contributed by atoms with E-state index in [0.29, 0.717) is 34.1 Å². The highest BCUT2D eigenvalue weighted by molar-refractivity contribution is 6.06. The van der Waals surface area contributed by atoms with Crippen molar-refractivity contribution in [3.05, 3.63) is 69.3 Å². The molecule has 7 nitrogen and oxygen atoms in total. The first-order chi connectivity index (χ1) is 16.6. The second-order valence-corrected chi connectivity index (χ2v) is 9.09. The zero-order chi connectivity index (χ0) is 25.4. The SMILES string of the molecule is CC[C@H](C)[C@@H](NC(=O)Cc1c(C)c2cc3c(-c4ccccc4)c(C)oc3c(C)c2oc1=O)C(=O)O. The van der Waals surface area contributed by atoms with Crippen molar-refractivity contribution in [3.8, 4) is 11.1 Å². The molecule has 0 aliphatic carbocycles. The topological polar surface area (TPSA) is 110 Å². The van der Waals surface area contributed by atoms with Gasteiger partial charge in [0.2, 0.25) is 5.91 Å². The van der Waals surface area contributed by atoms with E-state index in [4.69, 9.17) is 8.83 Å². The number of carbonyl (C=O) groups excluding carboxylic acids is 1. The molecule has 1 amide bonds. The molecule has 4 rings (SSSR count). The molecular weight excluding hydrogens is 446 g/mol. The van der Waals surface area contributed by atoms with Crippen molar-refractivity contribution in [2.45, 2.75) is 53.5 Å². The highest BCUT2D eigenvalue weighted by Gasteiger charge is 2.27. The lowest BCUT2D eigenvalue weighted by atomic mass is 9.96. The molecule has 35 heavy (non-hydrogen) atoms. The van der Waals surface area contributed by atoms with Gasteiger partial charge in [-0.1, -0.05) is 50.6 Å². The van der Waals surface area contributed by atoms with Gasteiger partial charge in [-0.25, -0.2) is 9.59 Å². The van der Waals surface area contributed by atoms with Gasteiger partial charge in [0, 0.05) is 21.9 Å². The number of aryl methyl sites for hydroxylation is 3. The molecule has 2 aromatic carbocycles. The first-order valence-electron chi connectivity index (χ1n) is 11.7. The van der Waals surface area contributed by atoms with Crippen molar-refractivity contribution in [1.29, 1.82) is 0 Å². The molecule has 2 heterocycles. The molecule has 2 atom stereocenters. The zero-order valence-corrected chi connectivity index (χ0v) is 20.5. The maximum atomic E-state index is 12.9. The van der Waals surface area contributed by atoms with Crippen LogP contribution in [0.25, 0.3) is 33.1 Å². The third-order valence-corrected chi connectivity index (χ3v) is 6.83. The van der Waals surface area contributed by atoms with E-state index in [9.17, 15) is 19.5 Å². The Morgan fingerprint density at radius 1 is 1.00 bits per heavy atom. The van der Waals surface area contributed by atoms with Crippen LogP contribution in [-0.4, -0.2) is 23.0 Å². The minimum absolute atomic E-state index is 0.212. The lowest BCUT2D eigenvalue weighted by Crippen LogP contribution is -2.45. The van der Waals surface area contributed by atoms with E-state index < -0.39 is 23.5 Å². The second kappa shape index (κ2) is 9.41. The molecule has 0 saturated heterocycles. The highest BCUT2D eigenvalue weighted by atomic mass is 16.4. The number of hydrogen-bond acceptors (Lipinski definition) is 5. The standard InChI is InChI=1S/C28H29NO6/c1-6-14(2)24(27(31)32)29-22(30)13-20-15(3)19-12-21-23(18-10-8-7-9-11-18)17(5)34-26(21)16(4)25(19)35-28(20)33/h7-12,14,24H,6,13H2,1-5H3,(H,29,30)(H,31,32)/t14-,24+/m0/s1. The number of carboxylic acids is 1. The minimum Gasteiger partial charge on any atom is -0.480 e. The van der Waals surface area contributed by atoms with Crippen LogP contribution in [0.3, 0.4) is 0 Å². The molecule has 7 heteroatoms. The molecule has 2 aromatic heterocycles. The Labute approximate surface area is 202 Å². The van der Waals surface area contributed by atoms with Gasteiger partial charge in [-0.15, -0.1) is 0 Å². The van der Waals surface area contributed by atoms with E-state index in [1.807, 2.05) is 57.2 Å². The van der Waals surface area contributed by atoms with Crippen LogP contribution in [0.15, 0.2) is 50.0 Å². The Morgan fingerprint density at radius 2 is 1.66 bits per heavy atom. The first kappa shape index (κ1) is 24.3. The van der Waals surface area contributed by atoms with E-state index in [-0.39, 0.29) is 17.9 Å². The molecule has 0 aliphatic rings. The lowest BCUT2D eigenvalue weighted by Gasteiger charge is -2.20. The van der Waals surface area contributed by atoms with E-state index >= 15 is 0 Å². The van der Waals surface area contributed by atoms with Gasteiger partial charge in [0.15, 0.2) is 0 Å². The minimum atomic E-state index is -1.10. The summed E-state index contributed by atoms with van der Waals surface area (Å²) in [6.45, 7) is 9.16. The molecule has 182 valence electrons. The number of benzene rings is 2. The molecule has 0 bridgehead atoms. The van der Waals surface area contributed by atoms with Gasteiger partial charge in [0.05, 0.1) is 12.0 Å². The molecule has 0 aliphatic heterocycles. The second-order valence-electron chi connectivity index (χ2n) is 9.09. The number of nitrogens with one attached hydrogen (secondary N) is 1. The van der Waals surface area contributed by atoms with Crippen LogP contribution in [0.4, 0.5) is 0 Å². The van der Waals surface area contributed by atoms with Crippen LogP contribution in [0, 0.1) is 26.7 Å². The Hall–Kier alpha value is -3.87. The molecule has 0 fully saturated rings. The molecule has 0 unspecified atom stereocenters. The fourth-order valence-electron chi connectivity index (χ4n) is 4.61. The van der Waals surface area contributed by atoms with E-state index in [2.05, 4.69) is 5.32 Å². The van der Waals surface area contributed by atoms with Crippen LogP contribution in [0.5, 0.6) is 0 Å². The number of amides is 1. The van der Waals surface area contributed by atoms with Gasteiger partial charge >= 0.3 is 11.6 Å². The Balaban J connectivity index is 1.82. The van der Waals surface area contributed by atoms with Crippen molar-refractivity contribution < 1.29 is 23.5 Å². The Kier molecular flexibility index (Phi) is 6.52. The summed E-state index contributed by atoms with van der Waals surface area (Å²) in [6, 6.07) is 10.8. The van der Waals surface area contributed by atoms with Gasteiger partial charge in [-0.2, -0.15) is 0 Å². The van der Waals surface area contributed by atoms with Crippen molar-refractivity contribution in [2.75, 3.05) is 0 Å². The summed E-state index contributed by atoms with van der Waals surface area (Å²) in [5.41, 5.74) is 3.99. The third kappa shape index (κ3) is 4.34. The van der Waals surface area contributed by atoms with Crippen molar-refractivity contribution in [2.24, 2.45) is 5.92 Å². The van der Waals surface area contributed by atoms with E-state index in [1.54, 1.807) is 13.8 Å². The molecule has 0 spiro atoms. The Morgan fingerprint density at radius 3 is 2.29 bits per heavy atom. The zero-order valence-electron chi connectivity index (χ0n) is 20.5. The molecule has 4 aromatic rings. The quantitative estimate of drug-likeness (QED) is 0.352. The van der Waals surface area contributed by atoms with E-state index in [0.717, 1.165) is 22.3 Å². The van der Waals surface area contributed by atoms with Crippen molar-refractivity contribution in [1.82, 2.24) is 5.32 Å². The maximum Gasteiger partial charge on any atom is 0.340 e. The largest absolute Gasteiger partial charge is 0.480 e. The summed E-state index contributed by atoms with van der Waals surface area (Å²) >= 11 is 0. The summed E-state index contributed by atoms with van der Waals surface area (Å²) < 4.78 is 11.8. The number of rotatable bonds is 7. The average molecular weight is 476 g/mol. The first-order valence-corrected chi connectivity index (χ1v) is 11.7. The molecule has 0 radical (unpaired) electrons. The third-order valence-electron chi connectivity index (χ3n) is 6.83. The number of carboxylic acid groups (broad SMARTS) is 1. The van der Waals surface area contributed by atoms with Crippen LogP contribution in [0.1, 0.15) is 42.7 Å². The van der Waals surface area contributed by atoms with E-state index in [1.165, 1.54) is 0 Å². The van der Waals surface area contributed by atoms with Gasteiger partial charge in [-0.3, -0.25) is 4.79 Å². The van der Waals surface area contributed by atoms with Crippen LogP contribution >= 0.6 is 0 Å². The monoisotopic (exact) mass is 475 g/mol. The molecular formula is C28H29NO6. The number of hydrogen-bond donors (Lipinski definition) is 2. The van der Waals surface area contributed by atoms with Crippen molar-refractivity contribution in [3.63, 3.8) is 0 Å². The number of fused-ring (bicyclic) bond motifs is 2. The smallest absolute Gasteiger partial charge is 0.340 e. The number of aliphatic carboxylic acids is 1. The fraction of sp³-hybridized carbons (Fsp3) is 0.321. The molecule has 0 saturated carbocycles. The summed E-state index contributed by atoms with van der Waals surface area (Å²) in [4.78, 5) is 37.2. The normalized spacial score (nSPS) is 13.2. The van der Waals surface area contributed by atoms with Gasteiger partial charge in [0.1, 0.15) is 23.0 Å². The Bertz CT molecular complexity index is 1500. The van der Waals surface area contributed by atoms with Crippen molar-refractivity contribution >= 4 is 33.8 Å². The van der Waals surface area contributed by atoms with Gasteiger partial charge < -0.3 is 19.3 Å². The predicted molar refractivity (Wildman–Crippen MR) is 135 cm³/mol. The number of carbonyl (C=O) groups is 2. The summed E-state index contributed by atoms with van der Waals surface area (Å²) in [5, 5.41) is 13.7. The van der Waals surface area contributed by atoms with Gasteiger partial charge in [0.25, 0.3) is 0 Å². The lowest BCUT2D eigenvalue weighted by molar-refractivity contribution is -0.143. The molecule has 2 N–H and O–H groups in total. The number of furan rings is 1. The fourth-order valence-corrected chi connectivity index (χ4v) is 4.61. The maximum absolute atomic E-state index is 12.9. The average Bonchev–Trinajstić information content (AvgIpc) is 3.17. The summed E-state index contributed by atoms with van der Waals surface area (Å²) in [6.07, 6.45) is 0.328. The summed E-state index contributed by atoms with van der Waals surface area (Å²) in [7, 11) is 0. The summed E-state index contributed by atoms with van der Waals surface area (Å²) in [5.74, 6) is -1.12. The van der Waals surface area contributed by atoms with Crippen LogP contribution < -0.4 is 10.9 Å². The van der Waals surface area contributed by atoms with Crippen LogP contribution in [0.2, 0.25) is 0 Å². The predicted octanol–water partition coefficient (Wildman–Crippen LogP) is 5.29. The highest BCUT2D eigenvalue weighted by Crippen LogP contribution is 2.39. The van der Waals surface area contributed by atoms with Crippen LogP contribution in [-0.2, 0) is 16.0 Å².